The smallest absolute Gasteiger partial charge is 0.254 e. The van der Waals surface area contributed by atoms with Crippen molar-refractivity contribution in [1.29, 1.82) is 0 Å². The fourth-order valence-corrected chi connectivity index (χ4v) is 3.97. The minimum Gasteiger partial charge on any atom is -0.391 e. The molecule has 130 valence electrons. The monoisotopic (exact) mass is 336 g/mol. The molecule has 4 heteroatoms. The fraction of sp³-hybridized carbons (Fsp3) is 0.381. The van der Waals surface area contributed by atoms with E-state index in [9.17, 15) is 9.90 Å². The van der Waals surface area contributed by atoms with E-state index < -0.39 is 6.10 Å². The second-order valence-corrected chi connectivity index (χ2v) is 7.06. The number of carbonyl (C=O) groups is 1. The number of amides is 1. The van der Waals surface area contributed by atoms with Gasteiger partial charge in [0.2, 0.25) is 0 Å². The molecular formula is C21H24N2O2. The molecule has 1 heterocycles. The van der Waals surface area contributed by atoms with Crippen LogP contribution in [0.15, 0.2) is 48.5 Å². The van der Waals surface area contributed by atoms with Gasteiger partial charge in [0.1, 0.15) is 0 Å². The molecular weight excluding hydrogens is 312 g/mol. The van der Waals surface area contributed by atoms with Gasteiger partial charge in [0.05, 0.1) is 12.1 Å². The Morgan fingerprint density at radius 1 is 1.12 bits per heavy atom. The highest BCUT2D eigenvalue weighted by molar-refractivity contribution is 5.95. The van der Waals surface area contributed by atoms with Gasteiger partial charge in [-0.05, 0) is 55.0 Å². The number of β-amino-alcohol motifs (C(OH)–C–C–N with tert-alkyl or cyclic N) is 1. The van der Waals surface area contributed by atoms with Gasteiger partial charge in [0.25, 0.3) is 5.91 Å². The summed E-state index contributed by atoms with van der Waals surface area (Å²) in [6, 6.07) is 16.6. The zero-order chi connectivity index (χ0) is 17.2. The van der Waals surface area contributed by atoms with Crippen molar-refractivity contribution in [3.63, 3.8) is 0 Å². The number of nitrogens with one attached hydrogen (secondary N) is 1. The number of likely N-dealkylation sites (tertiary alicyclic amines) is 1. The van der Waals surface area contributed by atoms with Gasteiger partial charge < -0.3 is 15.3 Å². The number of aliphatic hydroxyl groups is 1. The van der Waals surface area contributed by atoms with Crippen molar-refractivity contribution in [2.24, 2.45) is 0 Å². The Hall–Kier alpha value is -2.33. The number of hydrogen-bond donors (Lipinski definition) is 2. The van der Waals surface area contributed by atoms with Gasteiger partial charge in [0.15, 0.2) is 0 Å². The molecule has 0 radical (unpaired) electrons. The molecule has 0 aromatic heterocycles. The zero-order valence-electron chi connectivity index (χ0n) is 14.3. The molecule has 0 bridgehead atoms. The number of nitrogens with zero attached hydrogens (tertiary/aromatic N) is 1. The van der Waals surface area contributed by atoms with Crippen LogP contribution in [0.5, 0.6) is 0 Å². The van der Waals surface area contributed by atoms with E-state index in [1.54, 1.807) is 4.90 Å². The average Bonchev–Trinajstić information content (AvgIpc) is 3.04. The zero-order valence-corrected chi connectivity index (χ0v) is 14.3. The maximum Gasteiger partial charge on any atom is 0.254 e. The number of fused-ring (bicyclic) bond motifs is 1. The topological polar surface area (TPSA) is 52.6 Å². The van der Waals surface area contributed by atoms with Gasteiger partial charge in [-0.2, -0.15) is 0 Å². The summed E-state index contributed by atoms with van der Waals surface area (Å²) >= 11 is 0. The first-order chi connectivity index (χ1) is 12.2. The van der Waals surface area contributed by atoms with Crippen molar-refractivity contribution in [2.75, 3.05) is 18.4 Å². The third-order valence-corrected chi connectivity index (χ3v) is 5.27. The molecule has 4 rings (SSSR count). The summed E-state index contributed by atoms with van der Waals surface area (Å²) in [5.41, 5.74) is 4.43. The molecule has 0 saturated carbocycles. The van der Waals surface area contributed by atoms with Crippen LogP contribution in [-0.4, -0.2) is 35.1 Å². The summed E-state index contributed by atoms with van der Waals surface area (Å²) in [6.07, 6.45) is 3.43. The Kier molecular flexibility index (Phi) is 4.45. The molecule has 1 aliphatic carbocycles. The summed E-state index contributed by atoms with van der Waals surface area (Å²) in [6.45, 7) is 1.16. The third-order valence-electron chi connectivity index (χ3n) is 5.27. The van der Waals surface area contributed by atoms with E-state index in [2.05, 4.69) is 29.6 Å². The van der Waals surface area contributed by atoms with Gasteiger partial charge in [-0.15, -0.1) is 0 Å². The Morgan fingerprint density at radius 2 is 2.00 bits per heavy atom. The SMILES string of the molecule is O=C(c1cccc(NC2CCc3ccccc32)c1)N1CCCC(O)C1. The number of carbonyl (C=O) groups excluding carboxylic acids is 1. The van der Waals surface area contributed by atoms with E-state index in [1.165, 1.54) is 11.1 Å². The Morgan fingerprint density at radius 3 is 2.88 bits per heavy atom. The van der Waals surface area contributed by atoms with Crippen molar-refractivity contribution in [3.8, 4) is 0 Å². The van der Waals surface area contributed by atoms with Gasteiger partial charge in [-0.1, -0.05) is 30.3 Å². The average molecular weight is 336 g/mol. The summed E-state index contributed by atoms with van der Waals surface area (Å²) < 4.78 is 0. The van der Waals surface area contributed by atoms with E-state index in [-0.39, 0.29) is 5.91 Å². The molecule has 2 N–H and O–H groups in total. The van der Waals surface area contributed by atoms with Gasteiger partial charge in [0, 0.05) is 24.3 Å². The number of aryl methyl sites for hydroxylation is 1. The van der Waals surface area contributed by atoms with Gasteiger partial charge >= 0.3 is 0 Å². The van der Waals surface area contributed by atoms with Crippen LogP contribution in [0.3, 0.4) is 0 Å². The van der Waals surface area contributed by atoms with Gasteiger partial charge in [-0.3, -0.25) is 4.79 Å². The first-order valence-electron chi connectivity index (χ1n) is 9.12. The summed E-state index contributed by atoms with van der Waals surface area (Å²) in [5.74, 6) is 0.00854. The highest BCUT2D eigenvalue weighted by Gasteiger charge is 2.24. The molecule has 1 amide bonds. The molecule has 25 heavy (non-hydrogen) atoms. The van der Waals surface area contributed by atoms with Gasteiger partial charge in [-0.25, -0.2) is 0 Å². The predicted molar refractivity (Wildman–Crippen MR) is 98.7 cm³/mol. The van der Waals surface area contributed by atoms with Crippen molar-refractivity contribution >= 4 is 11.6 Å². The predicted octanol–water partition coefficient (Wildman–Crippen LogP) is 3.38. The summed E-state index contributed by atoms with van der Waals surface area (Å²) in [7, 11) is 0. The van der Waals surface area contributed by atoms with Crippen LogP contribution in [0, 0.1) is 0 Å². The number of hydrogen-bond acceptors (Lipinski definition) is 3. The lowest BCUT2D eigenvalue weighted by Crippen LogP contribution is -2.42. The minimum atomic E-state index is -0.394. The number of piperidine rings is 1. The molecule has 0 spiro atoms. The highest BCUT2D eigenvalue weighted by atomic mass is 16.3. The van der Waals surface area contributed by atoms with Crippen molar-refractivity contribution in [3.05, 3.63) is 65.2 Å². The Balaban J connectivity index is 1.49. The fourth-order valence-electron chi connectivity index (χ4n) is 3.97. The maximum absolute atomic E-state index is 12.7. The lowest BCUT2D eigenvalue weighted by Gasteiger charge is -2.30. The van der Waals surface area contributed by atoms with Crippen LogP contribution in [0.25, 0.3) is 0 Å². The number of benzene rings is 2. The lowest BCUT2D eigenvalue weighted by atomic mass is 10.1. The van der Waals surface area contributed by atoms with Crippen molar-refractivity contribution in [2.45, 2.75) is 37.8 Å². The van der Waals surface area contributed by atoms with E-state index in [4.69, 9.17) is 0 Å². The van der Waals surface area contributed by atoms with E-state index in [1.807, 2.05) is 24.3 Å². The molecule has 2 atom stereocenters. The molecule has 1 fully saturated rings. The van der Waals surface area contributed by atoms with E-state index in [0.717, 1.165) is 37.9 Å². The van der Waals surface area contributed by atoms with Crippen LogP contribution < -0.4 is 5.32 Å². The van der Waals surface area contributed by atoms with Crippen LogP contribution in [0.4, 0.5) is 5.69 Å². The molecule has 2 unspecified atom stereocenters. The normalized spacial score (nSPS) is 22.5. The molecule has 2 aromatic rings. The molecule has 2 aromatic carbocycles. The molecule has 4 nitrogen and oxygen atoms in total. The molecule has 1 aliphatic heterocycles. The summed E-state index contributed by atoms with van der Waals surface area (Å²) in [4.78, 5) is 14.5. The van der Waals surface area contributed by atoms with Crippen LogP contribution in [0.1, 0.15) is 46.8 Å². The maximum atomic E-state index is 12.7. The highest BCUT2D eigenvalue weighted by Crippen LogP contribution is 2.33. The first kappa shape index (κ1) is 16.2. The van der Waals surface area contributed by atoms with E-state index >= 15 is 0 Å². The minimum absolute atomic E-state index is 0.00854. The van der Waals surface area contributed by atoms with Crippen molar-refractivity contribution in [1.82, 2.24) is 4.90 Å². The third kappa shape index (κ3) is 3.40. The summed E-state index contributed by atoms with van der Waals surface area (Å²) in [5, 5.41) is 13.4. The largest absolute Gasteiger partial charge is 0.391 e. The van der Waals surface area contributed by atoms with Crippen LogP contribution in [0.2, 0.25) is 0 Å². The van der Waals surface area contributed by atoms with Crippen molar-refractivity contribution < 1.29 is 9.90 Å². The Labute approximate surface area is 148 Å². The number of aliphatic hydroxyl groups excluding tert-OH is 1. The van der Waals surface area contributed by atoms with Crippen LogP contribution in [-0.2, 0) is 6.42 Å². The molecule has 2 aliphatic rings. The first-order valence-corrected chi connectivity index (χ1v) is 9.12. The number of anilines is 1. The van der Waals surface area contributed by atoms with E-state index in [0.29, 0.717) is 18.2 Å². The standard InChI is InChI=1S/C21H24N2O2/c24-18-8-4-12-23(14-18)21(25)16-6-3-7-17(13-16)22-20-11-10-15-5-1-2-9-19(15)20/h1-3,5-7,9,13,18,20,22,24H,4,8,10-12,14H2. The second kappa shape index (κ2) is 6.89. The van der Waals surface area contributed by atoms with Crippen LogP contribution >= 0.6 is 0 Å². The second-order valence-electron chi connectivity index (χ2n) is 7.06. The quantitative estimate of drug-likeness (QED) is 0.903. The number of rotatable bonds is 3. The Bertz CT molecular complexity index is 774. The molecule has 1 saturated heterocycles. The lowest BCUT2D eigenvalue weighted by molar-refractivity contribution is 0.0474.